The molecule has 2 heterocycles. The normalized spacial score (nSPS) is 39.0. The van der Waals surface area contributed by atoms with Crippen LogP contribution in [-0.4, -0.2) is 30.2 Å². The van der Waals surface area contributed by atoms with E-state index >= 15 is 0 Å². The van der Waals surface area contributed by atoms with E-state index in [4.69, 9.17) is 0 Å². The summed E-state index contributed by atoms with van der Waals surface area (Å²) in [5, 5.41) is 9.58. The zero-order valence-electron chi connectivity index (χ0n) is 7.53. The Morgan fingerprint density at radius 3 is 2.58 bits per heavy atom. The Bertz CT molecular complexity index is 218. The molecule has 0 aliphatic carbocycles. The molecule has 0 saturated carbocycles. The maximum absolute atomic E-state index is 11.5. The SMILES string of the molecule is CC1(C)NC2(CCNC2)NC1=O. The first-order valence-corrected chi connectivity index (χ1v) is 4.37. The molecule has 4 nitrogen and oxygen atoms in total. The largest absolute Gasteiger partial charge is 0.335 e. The molecule has 1 unspecified atom stereocenters. The summed E-state index contributed by atoms with van der Waals surface area (Å²) in [6, 6.07) is 0. The molecule has 1 atom stereocenters. The van der Waals surface area contributed by atoms with Crippen molar-refractivity contribution >= 4 is 5.91 Å². The minimum Gasteiger partial charge on any atom is -0.335 e. The number of rotatable bonds is 0. The second-order valence-corrected chi connectivity index (χ2v) is 4.21. The Morgan fingerprint density at radius 2 is 2.17 bits per heavy atom. The van der Waals surface area contributed by atoms with Crippen molar-refractivity contribution < 1.29 is 4.79 Å². The third kappa shape index (κ3) is 1.03. The van der Waals surface area contributed by atoms with Crippen molar-refractivity contribution in [3.63, 3.8) is 0 Å². The van der Waals surface area contributed by atoms with E-state index in [2.05, 4.69) is 16.0 Å². The molecular weight excluding hydrogens is 154 g/mol. The summed E-state index contributed by atoms with van der Waals surface area (Å²) >= 11 is 0. The minimum atomic E-state index is -0.411. The molecule has 2 saturated heterocycles. The number of hydrogen-bond acceptors (Lipinski definition) is 3. The summed E-state index contributed by atoms with van der Waals surface area (Å²) in [6.45, 7) is 5.64. The van der Waals surface area contributed by atoms with E-state index in [0.717, 1.165) is 19.5 Å². The molecule has 0 radical (unpaired) electrons. The molecule has 1 amide bonds. The van der Waals surface area contributed by atoms with E-state index in [1.54, 1.807) is 0 Å². The first-order valence-electron chi connectivity index (χ1n) is 4.37. The van der Waals surface area contributed by atoms with Crippen LogP contribution in [0.1, 0.15) is 20.3 Å². The van der Waals surface area contributed by atoms with Crippen molar-refractivity contribution in [3.05, 3.63) is 0 Å². The van der Waals surface area contributed by atoms with Gasteiger partial charge in [0.1, 0.15) is 5.66 Å². The smallest absolute Gasteiger partial charge is 0.241 e. The molecule has 0 aromatic carbocycles. The molecule has 4 heteroatoms. The van der Waals surface area contributed by atoms with Crippen LogP contribution in [-0.2, 0) is 4.79 Å². The molecule has 0 bridgehead atoms. The van der Waals surface area contributed by atoms with Crippen molar-refractivity contribution in [1.82, 2.24) is 16.0 Å². The highest BCUT2D eigenvalue weighted by atomic mass is 16.2. The van der Waals surface area contributed by atoms with Gasteiger partial charge in [-0.3, -0.25) is 10.1 Å². The predicted molar refractivity (Wildman–Crippen MR) is 45.6 cm³/mol. The molecule has 2 rings (SSSR count). The Kier molecular flexibility index (Phi) is 1.47. The van der Waals surface area contributed by atoms with Crippen LogP contribution in [0, 0.1) is 0 Å². The van der Waals surface area contributed by atoms with Crippen LogP contribution in [0.4, 0.5) is 0 Å². The van der Waals surface area contributed by atoms with E-state index in [1.807, 2.05) is 13.8 Å². The van der Waals surface area contributed by atoms with Crippen molar-refractivity contribution in [3.8, 4) is 0 Å². The van der Waals surface area contributed by atoms with Gasteiger partial charge in [-0.1, -0.05) is 0 Å². The first kappa shape index (κ1) is 8.01. The standard InChI is InChI=1S/C8H15N3O/c1-7(2)6(12)10-8(11-7)3-4-9-5-8/h9,11H,3-5H2,1-2H3,(H,10,12). The zero-order chi connectivity index (χ0) is 8.82. The molecule has 2 aliphatic rings. The summed E-state index contributed by atoms with van der Waals surface area (Å²) in [5.74, 6) is 0.103. The fraction of sp³-hybridized carbons (Fsp3) is 0.875. The predicted octanol–water partition coefficient (Wildman–Crippen LogP) is -0.826. The van der Waals surface area contributed by atoms with Gasteiger partial charge in [-0.2, -0.15) is 0 Å². The molecular formula is C8H15N3O. The average Bonchev–Trinajstić information content (AvgIpc) is 2.42. The Balaban J connectivity index is 2.19. The molecule has 0 aromatic rings. The maximum Gasteiger partial charge on any atom is 0.241 e. The number of amides is 1. The fourth-order valence-electron chi connectivity index (χ4n) is 1.97. The number of carbonyl (C=O) groups is 1. The Hall–Kier alpha value is -0.610. The lowest BCUT2D eigenvalue weighted by Crippen LogP contribution is -2.53. The Morgan fingerprint density at radius 1 is 1.42 bits per heavy atom. The highest BCUT2D eigenvalue weighted by Gasteiger charge is 2.49. The number of carbonyl (C=O) groups excluding carboxylic acids is 1. The second-order valence-electron chi connectivity index (χ2n) is 4.21. The van der Waals surface area contributed by atoms with Crippen LogP contribution in [0.25, 0.3) is 0 Å². The monoisotopic (exact) mass is 169 g/mol. The second kappa shape index (κ2) is 2.20. The van der Waals surface area contributed by atoms with Crippen molar-refractivity contribution in [2.75, 3.05) is 13.1 Å². The van der Waals surface area contributed by atoms with E-state index in [1.165, 1.54) is 0 Å². The molecule has 2 aliphatic heterocycles. The van der Waals surface area contributed by atoms with Gasteiger partial charge < -0.3 is 10.6 Å². The van der Waals surface area contributed by atoms with E-state index in [0.29, 0.717) is 0 Å². The topological polar surface area (TPSA) is 53.2 Å². The van der Waals surface area contributed by atoms with Gasteiger partial charge in [0.2, 0.25) is 5.91 Å². The van der Waals surface area contributed by atoms with Crippen LogP contribution in [0.5, 0.6) is 0 Å². The lowest BCUT2D eigenvalue weighted by atomic mass is 10.1. The van der Waals surface area contributed by atoms with Crippen LogP contribution in [0.2, 0.25) is 0 Å². The van der Waals surface area contributed by atoms with Gasteiger partial charge in [-0.25, -0.2) is 0 Å². The number of nitrogens with one attached hydrogen (secondary N) is 3. The Labute approximate surface area is 72.1 Å². The van der Waals surface area contributed by atoms with Gasteiger partial charge in [-0.05, 0) is 26.8 Å². The first-order chi connectivity index (χ1) is 5.54. The van der Waals surface area contributed by atoms with Gasteiger partial charge in [0.05, 0.1) is 5.54 Å². The average molecular weight is 169 g/mol. The molecule has 1 spiro atoms. The molecule has 3 N–H and O–H groups in total. The fourth-order valence-corrected chi connectivity index (χ4v) is 1.97. The van der Waals surface area contributed by atoms with Gasteiger partial charge in [-0.15, -0.1) is 0 Å². The van der Waals surface area contributed by atoms with Crippen LogP contribution in [0.15, 0.2) is 0 Å². The van der Waals surface area contributed by atoms with Crippen molar-refractivity contribution in [2.24, 2.45) is 0 Å². The zero-order valence-corrected chi connectivity index (χ0v) is 7.53. The van der Waals surface area contributed by atoms with Crippen LogP contribution in [0.3, 0.4) is 0 Å². The summed E-state index contributed by atoms with van der Waals surface area (Å²) < 4.78 is 0. The molecule has 2 fully saturated rings. The van der Waals surface area contributed by atoms with Gasteiger partial charge in [0.15, 0.2) is 0 Å². The lowest BCUT2D eigenvalue weighted by molar-refractivity contribution is -0.123. The van der Waals surface area contributed by atoms with Crippen LogP contribution < -0.4 is 16.0 Å². The molecule has 12 heavy (non-hydrogen) atoms. The van der Waals surface area contributed by atoms with E-state index in [9.17, 15) is 4.79 Å². The lowest BCUT2D eigenvalue weighted by Gasteiger charge is -2.24. The van der Waals surface area contributed by atoms with Crippen LogP contribution >= 0.6 is 0 Å². The summed E-state index contributed by atoms with van der Waals surface area (Å²) in [4.78, 5) is 11.5. The molecule has 0 aromatic heterocycles. The highest BCUT2D eigenvalue weighted by Crippen LogP contribution is 2.22. The van der Waals surface area contributed by atoms with Crippen molar-refractivity contribution in [1.29, 1.82) is 0 Å². The van der Waals surface area contributed by atoms with Gasteiger partial charge >= 0.3 is 0 Å². The number of hydrogen-bond donors (Lipinski definition) is 3. The highest BCUT2D eigenvalue weighted by molar-refractivity contribution is 5.88. The summed E-state index contributed by atoms with van der Waals surface area (Å²) in [7, 11) is 0. The van der Waals surface area contributed by atoms with Gasteiger partial charge in [0.25, 0.3) is 0 Å². The third-order valence-electron chi connectivity index (χ3n) is 2.63. The minimum absolute atomic E-state index is 0.103. The summed E-state index contributed by atoms with van der Waals surface area (Å²) in [5.41, 5.74) is -0.577. The van der Waals surface area contributed by atoms with E-state index in [-0.39, 0.29) is 11.6 Å². The van der Waals surface area contributed by atoms with Crippen molar-refractivity contribution in [2.45, 2.75) is 31.5 Å². The molecule has 68 valence electrons. The maximum atomic E-state index is 11.5. The van der Waals surface area contributed by atoms with E-state index < -0.39 is 5.54 Å². The van der Waals surface area contributed by atoms with Gasteiger partial charge in [0, 0.05) is 6.54 Å². The third-order valence-corrected chi connectivity index (χ3v) is 2.63. The quantitative estimate of drug-likeness (QED) is 0.444. The summed E-state index contributed by atoms with van der Waals surface area (Å²) in [6.07, 6.45) is 0.974.